The Kier molecular flexibility index (Phi) is 9.41. The molecule has 166 valence electrons. The third-order valence-electron chi connectivity index (χ3n) is 5.25. The minimum absolute atomic E-state index is 0. The van der Waals surface area contributed by atoms with Gasteiger partial charge in [-0.2, -0.15) is 5.10 Å². The van der Waals surface area contributed by atoms with E-state index in [0.29, 0.717) is 19.7 Å². The molecule has 1 aromatic carbocycles. The van der Waals surface area contributed by atoms with E-state index in [9.17, 15) is 0 Å². The van der Waals surface area contributed by atoms with Gasteiger partial charge in [0.05, 0.1) is 25.5 Å². The van der Waals surface area contributed by atoms with Crippen molar-refractivity contribution in [3.63, 3.8) is 0 Å². The van der Waals surface area contributed by atoms with E-state index in [1.54, 1.807) is 0 Å². The van der Waals surface area contributed by atoms with Crippen molar-refractivity contribution in [3.8, 4) is 5.75 Å². The molecule has 1 fully saturated rings. The van der Waals surface area contributed by atoms with Crippen LogP contribution in [0.5, 0.6) is 5.75 Å². The number of halogens is 1. The first-order chi connectivity index (χ1) is 14.0. The Morgan fingerprint density at radius 2 is 2.10 bits per heavy atom. The lowest BCUT2D eigenvalue weighted by atomic mass is 10.1. The minimum atomic E-state index is 0. The minimum Gasteiger partial charge on any atom is -0.488 e. The number of hydrogen-bond acceptors (Lipinski definition) is 4. The molecule has 7 nitrogen and oxygen atoms in total. The molecule has 1 aromatic heterocycles. The maximum Gasteiger partial charge on any atom is 0.191 e. The van der Waals surface area contributed by atoms with Gasteiger partial charge in [0, 0.05) is 43.4 Å². The van der Waals surface area contributed by atoms with Crippen LogP contribution in [0.1, 0.15) is 41.4 Å². The van der Waals surface area contributed by atoms with Gasteiger partial charge in [0.15, 0.2) is 5.96 Å². The number of guanidine groups is 1. The van der Waals surface area contributed by atoms with Gasteiger partial charge >= 0.3 is 0 Å². The molecule has 1 aliphatic heterocycles. The molecule has 3 rings (SSSR count). The molecule has 30 heavy (non-hydrogen) atoms. The molecule has 0 aliphatic carbocycles. The molecule has 1 aliphatic rings. The molecule has 0 amide bonds. The summed E-state index contributed by atoms with van der Waals surface area (Å²) < 4.78 is 13.6. The first-order valence-electron chi connectivity index (χ1n) is 10.3. The van der Waals surface area contributed by atoms with Gasteiger partial charge in [-0.3, -0.25) is 4.68 Å². The van der Waals surface area contributed by atoms with Crippen LogP contribution in [0.4, 0.5) is 0 Å². The smallest absolute Gasteiger partial charge is 0.191 e. The fraction of sp³-hybridized carbons (Fsp3) is 0.545. The van der Waals surface area contributed by atoms with E-state index in [1.807, 2.05) is 18.7 Å². The molecule has 2 heterocycles. The Hall–Kier alpha value is -1.81. The lowest BCUT2D eigenvalue weighted by molar-refractivity contribution is 0.140. The average Bonchev–Trinajstić information content (AvgIpc) is 3.27. The van der Waals surface area contributed by atoms with E-state index < -0.39 is 0 Å². The van der Waals surface area contributed by atoms with Crippen LogP contribution in [0.25, 0.3) is 0 Å². The summed E-state index contributed by atoms with van der Waals surface area (Å²) in [4.78, 5) is 4.79. The summed E-state index contributed by atoms with van der Waals surface area (Å²) in [5.74, 6) is 1.69. The summed E-state index contributed by atoms with van der Waals surface area (Å²) in [5, 5.41) is 11.2. The molecule has 2 N–H and O–H groups in total. The Morgan fingerprint density at radius 3 is 2.73 bits per heavy atom. The van der Waals surface area contributed by atoms with Crippen LogP contribution >= 0.6 is 24.0 Å². The highest BCUT2D eigenvalue weighted by Gasteiger charge is 2.18. The molecule has 1 unspecified atom stereocenters. The fourth-order valence-corrected chi connectivity index (χ4v) is 3.44. The summed E-state index contributed by atoms with van der Waals surface area (Å²) in [5.41, 5.74) is 5.67. The Bertz CT molecular complexity index is 859. The van der Waals surface area contributed by atoms with Crippen LogP contribution in [-0.4, -0.2) is 41.6 Å². The van der Waals surface area contributed by atoms with Gasteiger partial charge in [0.25, 0.3) is 0 Å². The highest BCUT2D eigenvalue weighted by molar-refractivity contribution is 14.0. The number of nitrogens with one attached hydrogen (secondary N) is 2. The van der Waals surface area contributed by atoms with Crippen molar-refractivity contribution < 1.29 is 9.47 Å². The van der Waals surface area contributed by atoms with Crippen LogP contribution < -0.4 is 15.4 Å². The second-order valence-electron chi connectivity index (χ2n) is 7.54. The number of hydrogen-bond donors (Lipinski definition) is 2. The Balaban J connectivity index is 0.00000320. The average molecular weight is 527 g/mol. The largest absolute Gasteiger partial charge is 0.488 e. The van der Waals surface area contributed by atoms with E-state index in [2.05, 4.69) is 54.7 Å². The number of aromatic nitrogens is 2. The van der Waals surface area contributed by atoms with E-state index >= 15 is 0 Å². The summed E-state index contributed by atoms with van der Waals surface area (Å²) >= 11 is 0. The zero-order chi connectivity index (χ0) is 20.8. The van der Waals surface area contributed by atoms with Gasteiger partial charge in [-0.15, -0.1) is 24.0 Å². The molecule has 0 saturated carbocycles. The summed E-state index contributed by atoms with van der Waals surface area (Å²) in [6.45, 7) is 11.7. The molecule has 0 radical (unpaired) electrons. The summed E-state index contributed by atoms with van der Waals surface area (Å²) in [7, 11) is 1.97. The van der Waals surface area contributed by atoms with Crippen molar-refractivity contribution in [2.24, 2.45) is 12.0 Å². The molecule has 8 heteroatoms. The number of aryl methyl sites for hydroxylation is 3. The Labute approximate surface area is 196 Å². The van der Waals surface area contributed by atoms with Crippen molar-refractivity contribution >= 4 is 29.9 Å². The Morgan fingerprint density at radius 1 is 1.30 bits per heavy atom. The highest BCUT2D eigenvalue weighted by atomic mass is 127. The zero-order valence-corrected chi connectivity index (χ0v) is 20.9. The standard InChI is InChI=1S/C22H33N5O2.HI/c1-6-23-22(25-13-20-16(3)26-27(5)17(20)4)24-12-18-8-7-15(2)11-21(18)29-19-9-10-28-14-19;/h7-8,11,19H,6,9-10,12-14H2,1-5H3,(H2,23,24,25);1H. The second-order valence-corrected chi connectivity index (χ2v) is 7.54. The number of aliphatic imine (C=N–C) groups is 1. The molecular weight excluding hydrogens is 493 g/mol. The molecule has 0 bridgehead atoms. The zero-order valence-electron chi connectivity index (χ0n) is 18.6. The molecule has 2 aromatic rings. The monoisotopic (exact) mass is 527 g/mol. The maximum atomic E-state index is 6.20. The van der Waals surface area contributed by atoms with E-state index in [1.165, 1.54) is 16.8 Å². The molecule has 0 spiro atoms. The maximum absolute atomic E-state index is 6.20. The fourth-order valence-electron chi connectivity index (χ4n) is 3.44. The van der Waals surface area contributed by atoms with Crippen LogP contribution in [0.3, 0.4) is 0 Å². The first kappa shape index (κ1) is 24.5. The normalized spacial score (nSPS) is 16.3. The first-order valence-corrected chi connectivity index (χ1v) is 10.3. The van der Waals surface area contributed by atoms with Gasteiger partial charge in [0.1, 0.15) is 11.9 Å². The quantitative estimate of drug-likeness (QED) is 0.328. The van der Waals surface area contributed by atoms with Gasteiger partial charge in [-0.1, -0.05) is 12.1 Å². The van der Waals surface area contributed by atoms with Crippen LogP contribution in [0.15, 0.2) is 23.2 Å². The van der Waals surface area contributed by atoms with Crippen molar-refractivity contribution in [1.29, 1.82) is 0 Å². The van der Waals surface area contributed by atoms with Crippen molar-refractivity contribution in [3.05, 3.63) is 46.3 Å². The van der Waals surface area contributed by atoms with Gasteiger partial charge < -0.3 is 20.1 Å². The van der Waals surface area contributed by atoms with Crippen LogP contribution in [0.2, 0.25) is 0 Å². The summed E-state index contributed by atoms with van der Waals surface area (Å²) in [6.07, 6.45) is 1.06. The molecular formula is C22H34IN5O2. The molecule has 1 saturated heterocycles. The van der Waals surface area contributed by atoms with Crippen LogP contribution in [-0.2, 0) is 24.9 Å². The van der Waals surface area contributed by atoms with Crippen LogP contribution in [0, 0.1) is 20.8 Å². The number of ether oxygens (including phenoxy) is 2. The lowest BCUT2D eigenvalue weighted by Crippen LogP contribution is -2.37. The summed E-state index contributed by atoms with van der Waals surface area (Å²) in [6, 6.07) is 6.29. The number of rotatable bonds is 7. The van der Waals surface area contributed by atoms with E-state index in [-0.39, 0.29) is 30.1 Å². The topological polar surface area (TPSA) is 72.7 Å². The SMILES string of the molecule is CCNC(=NCc1ccc(C)cc1OC1CCOC1)NCc1c(C)nn(C)c1C.I. The van der Waals surface area contributed by atoms with E-state index in [0.717, 1.165) is 42.5 Å². The molecule has 1 atom stereocenters. The van der Waals surface area contributed by atoms with Crippen molar-refractivity contribution in [1.82, 2.24) is 20.4 Å². The van der Waals surface area contributed by atoms with Crippen molar-refractivity contribution in [2.45, 2.75) is 53.3 Å². The predicted molar refractivity (Wildman–Crippen MR) is 131 cm³/mol. The third kappa shape index (κ3) is 6.34. The van der Waals surface area contributed by atoms with E-state index in [4.69, 9.17) is 14.5 Å². The van der Waals surface area contributed by atoms with Gasteiger partial charge in [0.2, 0.25) is 0 Å². The van der Waals surface area contributed by atoms with Gasteiger partial charge in [-0.25, -0.2) is 4.99 Å². The lowest BCUT2D eigenvalue weighted by Gasteiger charge is -2.16. The second kappa shape index (κ2) is 11.5. The highest BCUT2D eigenvalue weighted by Crippen LogP contribution is 2.24. The predicted octanol–water partition coefficient (Wildman–Crippen LogP) is 3.39. The van der Waals surface area contributed by atoms with Crippen molar-refractivity contribution in [2.75, 3.05) is 19.8 Å². The number of nitrogens with zero attached hydrogens (tertiary/aromatic N) is 3. The van der Waals surface area contributed by atoms with Gasteiger partial charge in [-0.05, 0) is 39.3 Å². The number of benzene rings is 1. The third-order valence-corrected chi connectivity index (χ3v) is 5.25.